The summed E-state index contributed by atoms with van der Waals surface area (Å²) in [5, 5.41) is 3.23. The summed E-state index contributed by atoms with van der Waals surface area (Å²) < 4.78 is 26.7. The van der Waals surface area contributed by atoms with E-state index in [1.54, 1.807) is 0 Å². The third kappa shape index (κ3) is 4.19. The molecule has 18 heavy (non-hydrogen) atoms. The molecule has 2 unspecified atom stereocenters. The molecule has 2 atom stereocenters. The van der Waals surface area contributed by atoms with Gasteiger partial charge in [0.15, 0.2) is 0 Å². The number of piperidine rings is 1. The predicted octanol–water partition coefficient (Wildman–Crippen LogP) is 0.142. The van der Waals surface area contributed by atoms with Crippen molar-refractivity contribution in [3.8, 4) is 0 Å². The monoisotopic (exact) mass is 275 g/mol. The number of likely N-dealkylation sites (tertiary alicyclic amines) is 1. The van der Waals surface area contributed by atoms with Crippen molar-refractivity contribution in [2.75, 3.05) is 32.4 Å². The maximum absolute atomic E-state index is 12.0. The van der Waals surface area contributed by atoms with E-state index in [0.717, 1.165) is 32.4 Å². The summed E-state index contributed by atoms with van der Waals surface area (Å²) in [6, 6.07) is 0.511. The van der Waals surface area contributed by atoms with E-state index in [9.17, 15) is 8.42 Å². The lowest BCUT2D eigenvalue weighted by molar-refractivity contribution is 0.187. The number of hydrogen-bond donors (Lipinski definition) is 2. The summed E-state index contributed by atoms with van der Waals surface area (Å²) >= 11 is 0. The van der Waals surface area contributed by atoms with Gasteiger partial charge in [0.2, 0.25) is 10.0 Å². The van der Waals surface area contributed by atoms with Gasteiger partial charge in [0.25, 0.3) is 0 Å². The second-order valence-electron chi connectivity index (χ2n) is 5.55. The fourth-order valence-electron chi connectivity index (χ4n) is 2.85. The molecule has 0 aromatic rings. The molecule has 0 amide bonds. The van der Waals surface area contributed by atoms with Gasteiger partial charge in [-0.05, 0) is 45.8 Å². The van der Waals surface area contributed by atoms with E-state index >= 15 is 0 Å². The lowest BCUT2D eigenvalue weighted by atomic mass is 10.0. The summed E-state index contributed by atoms with van der Waals surface area (Å²) in [4.78, 5) is 2.26. The van der Waals surface area contributed by atoms with Crippen molar-refractivity contribution in [3.63, 3.8) is 0 Å². The molecular formula is C12H25N3O2S. The molecule has 2 aliphatic rings. The first-order valence-corrected chi connectivity index (χ1v) is 8.63. The molecule has 0 aliphatic carbocycles. The van der Waals surface area contributed by atoms with Crippen molar-refractivity contribution < 1.29 is 8.42 Å². The van der Waals surface area contributed by atoms with Crippen LogP contribution in [0.3, 0.4) is 0 Å². The maximum atomic E-state index is 12.0. The average molecular weight is 275 g/mol. The van der Waals surface area contributed by atoms with Crippen LogP contribution in [0.15, 0.2) is 0 Å². The molecule has 0 bridgehead atoms. The largest absolute Gasteiger partial charge is 0.313 e. The Bertz CT molecular complexity index is 352. The maximum Gasteiger partial charge on any atom is 0.213 e. The first-order chi connectivity index (χ1) is 8.57. The van der Waals surface area contributed by atoms with Crippen LogP contribution in [0.1, 0.15) is 32.1 Å². The second-order valence-corrected chi connectivity index (χ2v) is 7.40. The molecule has 0 radical (unpaired) electrons. The smallest absolute Gasteiger partial charge is 0.213 e. The standard InChI is InChI=1S/C12H25N3O2S/c1-15-8-3-2-6-12(15)9-14-18(16,17)10-11-5-4-7-13-11/h11-14H,2-10H2,1H3. The van der Waals surface area contributed by atoms with Crippen LogP contribution >= 0.6 is 0 Å². The number of likely N-dealkylation sites (N-methyl/N-ethyl adjacent to an activating group) is 1. The van der Waals surface area contributed by atoms with E-state index < -0.39 is 10.0 Å². The minimum Gasteiger partial charge on any atom is -0.313 e. The van der Waals surface area contributed by atoms with E-state index in [-0.39, 0.29) is 11.8 Å². The van der Waals surface area contributed by atoms with Gasteiger partial charge in [-0.3, -0.25) is 0 Å². The van der Waals surface area contributed by atoms with Crippen LogP contribution in [-0.2, 0) is 10.0 Å². The number of nitrogens with one attached hydrogen (secondary N) is 2. The Kier molecular flexibility index (Phi) is 5.00. The van der Waals surface area contributed by atoms with E-state index in [4.69, 9.17) is 0 Å². The highest BCUT2D eigenvalue weighted by Crippen LogP contribution is 2.14. The van der Waals surface area contributed by atoms with Gasteiger partial charge in [-0.25, -0.2) is 13.1 Å². The average Bonchev–Trinajstić information content (AvgIpc) is 2.80. The van der Waals surface area contributed by atoms with Crippen LogP contribution < -0.4 is 10.0 Å². The molecule has 2 aliphatic heterocycles. The summed E-state index contributed by atoms with van der Waals surface area (Å²) in [7, 11) is -1.05. The number of rotatable bonds is 5. The van der Waals surface area contributed by atoms with Crippen LogP contribution in [0.5, 0.6) is 0 Å². The Labute approximate surface area is 110 Å². The van der Waals surface area contributed by atoms with E-state index in [1.165, 1.54) is 12.8 Å². The molecule has 2 rings (SSSR count). The number of nitrogens with zero attached hydrogens (tertiary/aromatic N) is 1. The fraction of sp³-hybridized carbons (Fsp3) is 1.00. The Morgan fingerprint density at radius 3 is 2.78 bits per heavy atom. The molecule has 5 nitrogen and oxygen atoms in total. The van der Waals surface area contributed by atoms with Crippen LogP contribution in [0.25, 0.3) is 0 Å². The number of hydrogen-bond acceptors (Lipinski definition) is 4. The predicted molar refractivity (Wildman–Crippen MR) is 73.1 cm³/mol. The zero-order valence-corrected chi connectivity index (χ0v) is 12.0. The minimum atomic E-state index is -3.13. The molecular weight excluding hydrogens is 250 g/mol. The fourth-order valence-corrected chi connectivity index (χ4v) is 4.23. The van der Waals surface area contributed by atoms with Crippen LogP contribution in [0.2, 0.25) is 0 Å². The van der Waals surface area contributed by atoms with Gasteiger partial charge in [0.1, 0.15) is 0 Å². The normalized spacial score (nSPS) is 30.7. The Morgan fingerprint density at radius 1 is 1.28 bits per heavy atom. The third-order valence-corrected chi connectivity index (χ3v) is 5.49. The molecule has 0 saturated carbocycles. The molecule has 2 fully saturated rings. The highest BCUT2D eigenvalue weighted by Gasteiger charge is 2.24. The zero-order chi connectivity index (χ0) is 13.0. The van der Waals surface area contributed by atoms with Crippen molar-refractivity contribution in [1.82, 2.24) is 14.9 Å². The van der Waals surface area contributed by atoms with Crippen molar-refractivity contribution in [1.29, 1.82) is 0 Å². The molecule has 0 spiro atoms. The van der Waals surface area contributed by atoms with Gasteiger partial charge in [-0.1, -0.05) is 6.42 Å². The lowest BCUT2D eigenvalue weighted by Crippen LogP contribution is -2.46. The Balaban J connectivity index is 1.76. The van der Waals surface area contributed by atoms with Crippen molar-refractivity contribution in [2.24, 2.45) is 0 Å². The minimum absolute atomic E-state index is 0.145. The molecule has 0 aromatic carbocycles. The van der Waals surface area contributed by atoms with Crippen LogP contribution in [0.4, 0.5) is 0 Å². The van der Waals surface area contributed by atoms with Crippen molar-refractivity contribution in [2.45, 2.75) is 44.2 Å². The quantitative estimate of drug-likeness (QED) is 0.749. The lowest BCUT2D eigenvalue weighted by Gasteiger charge is -2.32. The first kappa shape index (κ1) is 14.2. The van der Waals surface area contributed by atoms with Crippen LogP contribution in [0, 0.1) is 0 Å². The summed E-state index contributed by atoms with van der Waals surface area (Å²) in [5.74, 6) is 0.226. The molecule has 2 N–H and O–H groups in total. The van der Waals surface area contributed by atoms with Crippen LogP contribution in [-0.4, -0.2) is 57.8 Å². The van der Waals surface area contributed by atoms with Gasteiger partial charge in [-0.2, -0.15) is 0 Å². The molecule has 106 valence electrons. The second kappa shape index (κ2) is 6.32. The zero-order valence-electron chi connectivity index (χ0n) is 11.2. The van der Waals surface area contributed by atoms with Gasteiger partial charge in [0, 0.05) is 18.6 Å². The first-order valence-electron chi connectivity index (χ1n) is 6.98. The Morgan fingerprint density at radius 2 is 2.11 bits per heavy atom. The molecule has 2 heterocycles. The topological polar surface area (TPSA) is 61.4 Å². The van der Waals surface area contributed by atoms with Gasteiger partial charge < -0.3 is 10.2 Å². The molecule has 2 saturated heterocycles. The van der Waals surface area contributed by atoms with Crippen molar-refractivity contribution in [3.05, 3.63) is 0 Å². The van der Waals surface area contributed by atoms with E-state index in [0.29, 0.717) is 12.6 Å². The summed E-state index contributed by atoms with van der Waals surface area (Å²) in [6.07, 6.45) is 5.60. The van der Waals surface area contributed by atoms with Crippen molar-refractivity contribution >= 4 is 10.0 Å². The number of sulfonamides is 1. The van der Waals surface area contributed by atoms with E-state index in [1.807, 2.05) is 0 Å². The summed E-state index contributed by atoms with van der Waals surface area (Å²) in [5.41, 5.74) is 0. The van der Waals surface area contributed by atoms with Gasteiger partial charge in [-0.15, -0.1) is 0 Å². The Hall–Kier alpha value is -0.170. The SMILES string of the molecule is CN1CCCCC1CNS(=O)(=O)CC1CCCN1. The molecule has 0 aromatic heterocycles. The molecule has 6 heteroatoms. The highest BCUT2D eigenvalue weighted by atomic mass is 32.2. The summed E-state index contributed by atoms with van der Waals surface area (Å²) in [6.45, 7) is 2.59. The van der Waals surface area contributed by atoms with E-state index in [2.05, 4.69) is 22.0 Å². The highest BCUT2D eigenvalue weighted by molar-refractivity contribution is 7.89. The van der Waals surface area contributed by atoms with Gasteiger partial charge in [0.05, 0.1) is 5.75 Å². The third-order valence-electron chi connectivity index (χ3n) is 4.04. The van der Waals surface area contributed by atoms with Gasteiger partial charge >= 0.3 is 0 Å².